The minimum atomic E-state index is -0.726. The van der Waals surface area contributed by atoms with Crippen LogP contribution in [0.15, 0.2) is 54.6 Å². The lowest BCUT2D eigenvalue weighted by Crippen LogP contribution is -2.51. The highest BCUT2D eigenvalue weighted by Gasteiger charge is 2.41. The first-order valence-corrected chi connectivity index (χ1v) is 24.7. The molecule has 0 bridgehead atoms. The van der Waals surface area contributed by atoms with E-state index < -0.39 is 24.3 Å². The van der Waals surface area contributed by atoms with Gasteiger partial charge in [0.25, 0.3) is 0 Å². The summed E-state index contributed by atoms with van der Waals surface area (Å²) in [5.41, 5.74) is 8.16. The molecule has 17 nitrogen and oxygen atoms in total. The van der Waals surface area contributed by atoms with Crippen molar-refractivity contribution in [3.63, 3.8) is 0 Å². The number of ether oxygens (including phenoxy) is 2. The number of imidazole rings is 2. The third kappa shape index (κ3) is 9.37. The normalized spacial score (nSPS) is 21.6. The minimum absolute atomic E-state index is 0.0521. The Morgan fingerprint density at radius 3 is 1.58 bits per heavy atom. The molecule has 0 aliphatic carbocycles. The molecule has 4 fully saturated rings. The SMILES string of the molecule is COC(=O)N[C@H](C(=O)N1CCC[C@H]1c1nc2cc([C@H]3CC[C@H](c4ccc5[nH]c([C@@H]6CCCN6C(=O)[C@@H](NC(=O)OC)C(C)C)nc5c4)N3c3ccc(N4CCCCC4)c(C#N)c3)ccc2[nH]1)C(C)C. The Labute approximate surface area is 403 Å². The van der Waals surface area contributed by atoms with Crippen molar-refractivity contribution in [3.8, 4) is 6.07 Å². The summed E-state index contributed by atoms with van der Waals surface area (Å²) in [5.74, 6) is 0.853. The van der Waals surface area contributed by atoms with Gasteiger partial charge in [0, 0.05) is 31.9 Å². The number of hydrogen-bond acceptors (Lipinski definition) is 11. The molecule has 364 valence electrons. The number of anilines is 2. The van der Waals surface area contributed by atoms with Gasteiger partial charge in [-0.15, -0.1) is 0 Å². The van der Waals surface area contributed by atoms with Crippen LogP contribution in [0.2, 0.25) is 0 Å². The number of rotatable bonds is 12. The first-order valence-electron chi connectivity index (χ1n) is 24.7. The predicted octanol–water partition coefficient (Wildman–Crippen LogP) is 8.47. The molecule has 6 atom stereocenters. The van der Waals surface area contributed by atoms with E-state index >= 15 is 0 Å². The number of aromatic amines is 2. The van der Waals surface area contributed by atoms with Gasteiger partial charge in [-0.3, -0.25) is 9.59 Å². The monoisotopic (exact) mass is 940 g/mol. The van der Waals surface area contributed by atoms with E-state index in [0.29, 0.717) is 18.7 Å². The molecule has 5 aromatic rings. The molecule has 3 aromatic carbocycles. The lowest BCUT2D eigenvalue weighted by molar-refractivity contribution is -0.136. The molecule has 4 N–H and O–H groups in total. The van der Waals surface area contributed by atoms with Crippen molar-refractivity contribution in [1.29, 1.82) is 5.26 Å². The number of methoxy groups -OCH3 is 2. The summed E-state index contributed by atoms with van der Waals surface area (Å²) in [7, 11) is 2.59. The van der Waals surface area contributed by atoms with Gasteiger partial charge in [-0.1, -0.05) is 39.8 Å². The second-order valence-corrected chi connectivity index (χ2v) is 19.8. The molecule has 69 heavy (non-hydrogen) atoms. The Kier molecular flexibility index (Phi) is 13.7. The van der Waals surface area contributed by atoms with Gasteiger partial charge in [-0.25, -0.2) is 19.6 Å². The molecular formula is C52H65N11O6. The van der Waals surface area contributed by atoms with E-state index in [1.165, 1.54) is 20.6 Å². The number of carbonyl (C=O) groups is 4. The summed E-state index contributed by atoms with van der Waals surface area (Å²) >= 11 is 0. The van der Waals surface area contributed by atoms with Gasteiger partial charge in [0.1, 0.15) is 29.8 Å². The van der Waals surface area contributed by atoms with Crippen molar-refractivity contribution in [3.05, 3.63) is 82.9 Å². The Morgan fingerprint density at radius 2 is 1.13 bits per heavy atom. The van der Waals surface area contributed by atoms with Crippen LogP contribution in [0.4, 0.5) is 21.0 Å². The highest BCUT2D eigenvalue weighted by molar-refractivity contribution is 5.88. The fourth-order valence-corrected chi connectivity index (χ4v) is 11.2. The molecule has 0 radical (unpaired) electrons. The van der Waals surface area contributed by atoms with Crippen LogP contribution in [-0.4, -0.2) is 106 Å². The van der Waals surface area contributed by atoms with Crippen molar-refractivity contribution < 1.29 is 28.7 Å². The third-order valence-corrected chi connectivity index (χ3v) is 14.8. The van der Waals surface area contributed by atoms with E-state index in [1.54, 1.807) is 0 Å². The van der Waals surface area contributed by atoms with Gasteiger partial charge in [0.05, 0.1) is 71.7 Å². The summed E-state index contributed by atoms with van der Waals surface area (Å²) in [5, 5.41) is 16.1. The number of likely N-dealkylation sites (tertiary alicyclic amines) is 2. The van der Waals surface area contributed by atoms with Crippen LogP contribution in [0.5, 0.6) is 0 Å². The Hall–Kier alpha value is -6.83. The summed E-state index contributed by atoms with van der Waals surface area (Å²) in [4.78, 5) is 78.1. The standard InChI is InChI=1S/C52H65N11O6/c1-30(2)45(58-51(66)68-5)49(64)61-24-10-12-43(61)47-54-36-17-14-32(27-38(36)56-47)41-20-21-42(63(41)35-16-19-40(34(26-35)29-53)60-22-8-7-9-23-60)33-15-18-37-39(28-33)57-48(55-37)44-13-11-25-62(44)50(65)46(31(3)4)59-52(67)69-6/h14-19,26-28,30-31,41-46H,7-13,20-25H2,1-6H3,(H,54,56)(H,55,57)(H,58,66)(H,59,67)/t41-,42-,43+,44+,45+,46+/m1/s1. The first kappa shape index (κ1) is 47.2. The number of nitriles is 1. The number of nitrogens with one attached hydrogen (secondary N) is 4. The highest BCUT2D eigenvalue weighted by Crippen LogP contribution is 2.49. The van der Waals surface area contributed by atoms with E-state index in [1.807, 2.05) is 37.5 Å². The van der Waals surface area contributed by atoms with E-state index in [9.17, 15) is 24.4 Å². The van der Waals surface area contributed by atoms with E-state index in [-0.39, 0.29) is 47.8 Å². The summed E-state index contributed by atoms with van der Waals surface area (Å²) < 4.78 is 9.68. The van der Waals surface area contributed by atoms with Crippen molar-refractivity contribution in [2.75, 3.05) is 50.2 Å². The number of nitrogens with zero attached hydrogens (tertiary/aromatic N) is 7. The van der Waals surface area contributed by atoms with Crippen LogP contribution in [0, 0.1) is 23.2 Å². The van der Waals surface area contributed by atoms with Crippen LogP contribution in [0.1, 0.15) is 138 Å². The van der Waals surface area contributed by atoms with Crippen molar-refractivity contribution in [2.45, 2.75) is 122 Å². The zero-order valence-electron chi connectivity index (χ0n) is 40.6. The average molecular weight is 940 g/mol. The maximum atomic E-state index is 13.9. The zero-order chi connectivity index (χ0) is 48.5. The van der Waals surface area contributed by atoms with Crippen LogP contribution in [0.25, 0.3) is 22.1 Å². The molecule has 4 amide bonds. The van der Waals surface area contributed by atoms with Crippen LogP contribution >= 0.6 is 0 Å². The molecule has 0 unspecified atom stereocenters. The predicted molar refractivity (Wildman–Crippen MR) is 262 cm³/mol. The minimum Gasteiger partial charge on any atom is -0.453 e. The molecule has 17 heteroatoms. The molecule has 6 heterocycles. The first-order chi connectivity index (χ1) is 33.4. The fraction of sp³-hybridized carbons (Fsp3) is 0.519. The molecule has 4 aliphatic rings. The molecule has 9 rings (SSSR count). The Bertz CT molecular complexity index is 2610. The average Bonchev–Trinajstić information content (AvgIpc) is 4.23. The third-order valence-electron chi connectivity index (χ3n) is 14.8. The van der Waals surface area contributed by atoms with E-state index in [4.69, 9.17) is 19.4 Å². The summed E-state index contributed by atoms with van der Waals surface area (Å²) in [6, 6.07) is 19.6. The highest BCUT2D eigenvalue weighted by atomic mass is 16.5. The molecule has 0 saturated carbocycles. The van der Waals surface area contributed by atoms with Gasteiger partial charge in [0.15, 0.2) is 0 Å². The van der Waals surface area contributed by atoms with Gasteiger partial charge in [0.2, 0.25) is 11.8 Å². The topological polar surface area (TPSA) is 205 Å². The maximum absolute atomic E-state index is 13.9. The molecule has 4 saturated heterocycles. The van der Waals surface area contributed by atoms with Gasteiger partial charge < -0.3 is 49.7 Å². The number of amides is 4. The van der Waals surface area contributed by atoms with Crippen molar-refractivity contribution >= 4 is 57.4 Å². The lowest BCUT2D eigenvalue weighted by atomic mass is 10.0. The Morgan fingerprint density at radius 1 is 0.638 bits per heavy atom. The number of alkyl carbamates (subject to hydrolysis) is 2. The smallest absolute Gasteiger partial charge is 0.407 e. The molecule has 4 aliphatic heterocycles. The fourth-order valence-electron chi connectivity index (χ4n) is 11.2. The van der Waals surface area contributed by atoms with Crippen LogP contribution in [0.3, 0.4) is 0 Å². The number of piperidine rings is 1. The number of benzene rings is 3. The van der Waals surface area contributed by atoms with Crippen LogP contribution in [-0.2, 0) is 19.1 Å². The van der Waals surface area contributed by atoms with Crippen LogP contribution < -0.4 is 20.4 Å². The molecule has 2 aromatic heterocycles. The summed E-state index contributed by atoms with van der Waals surface area (Å²) in [6.07, 6.45) is 6.98. The Balaban J connectivity index is 1.03. The second-order valence-electron chi connectivity index (χ2n) is 19.8. The number of H-pyrrole nitrogens is 2. The van der Waals surface area contributed by atoms with E-state index in [0.717, 1.165) is 121 Å². The maximum Gasteiger partial charge on any atom is 0.407 e. The van der Waals surface area contributed by atoms with Gasteiger partial charge in [-0.2, -0.15) is 5.26 Å². The quantitative estimate of drug-likeness (QED) is 0.0934. The van der Waals surface area contributed by atoms with Gasteiger partial charge >= 0.3 is 12.2 Å². The van der Waals surface area contributed by atoms with Crippen molar-refractivity contribution in [1.82, 2.24) is 40.4 Å². The number of hydrogen-bond donors (Lipinski definition) is 4. The largest absolute Gasteiger partial charge is 0.453 e. The number of fused-ring (bicyclic) bond motifs is 2. The lowest BCUT2D eigenvalue weighted by Gasteiger charge is -2.35. The number of aromatic nitrogens is 4. The molecular weight excluding hydrogens is 875 g/mol. The van der Waals surface area contributed by atoms with Gasteiger partial charge in [-0.05, 0) is 123 Å². The second kappa shape index (κ2) is 20.0. The van der Waals surface area contributed by atoms with Crippen molar-refractivity contribution in [2.24, 2.45) is 11.8 Å². The zero-order valence-corrected chi connectivity index (χ0v) is 40.6. The summed E-state index contributed by atoms with van der Waals surface area (Å²) in [6.45, 7) is 10.6. The number of carbonyl (C=O) groups excluding carboxylic acids is 4. The van der Waals surface area contributed by atoms with E-state index in [2.05, 4.69) is 91.1 Å². The molecule has 0 spiro atoms.